The Morgan fingerprint density at radius 3 is 2.05 bits per heavy atom. The van der Waals surface area contributed by atoms with Crippen molar-refractivity contribution in [1.29, 1.82) is 0 Å². The highest BCUT2D eigenvalue weighted by Crippen LogP contribution is 2.72. The first-order valence-corrected chi connectivity index (χ1v) is 13.1. The molecular formula is C28H38O9. The molecular weight excluding hydrogens is 480 g/mol. The smallest absolute Gasteiger partial charge is 0.302 e. The Labute approximate surface area is 217 Å². The van der Waals surface area contributed by atoms with Crippen LogP contribution in [0.5, 0.6) is 0 Å². The van der Waals surface area contributed by atoms with Gasteiger partial charge in [0.25, 0.3) is 0 Å². The van der Waals surface area contributed by atoms with Crippen molar-refractivity contribution in [2.24, 2.45) is 34.0 Å². The summed E-state index contributed by atoms with van der Waals surface area (Å²) in [5.41, 5.74) is -2.01. The Kier molecular flexibility index (Phi) is 6.82. The molecule has 2 bridgehead atoms. The van der Waals surface area contributed by atoms with Gasteiger partial charge in [0.1, 0.15) is 23.7 Å². The molecule has 4 saturated carbocycles. The molecule has 9 nitrogen and oxygen atoms in total. The summed E-state index contributed by atoms with van der Waals surface area (Å²) in [5.74, 6) is -3.50. The minimum Gasteiger partial charge on any atom is -0.465 e. The number of fused-ring (bicyclic) bond motifs is 3. The van der Waals surface area contributed by atoms with Crippen LogP contribution in [0, 0.1) is 34.0 Å². The van der Waals surface area contributed by atoms with E-state index in [2.05, 4.69) is 20.4 Å². The molecule has 0 aromatic heterocycles. The van der Waals surface area contributed by atoms with Gasteiger partial charge in [-0.15, -0.1) is 0 Å². The van der Waals surface area contributed by atoms with Crippen molar-refractivity contribution in [1.82, 2.24) is 0 Å². The average Bonchev–Trinajstić information content (AvgIpc) is 2.91. The summed E-state index contributed by atoms with van der Waals surface area (Å²) in [4.78, 5) is 62.9. The SMILES string of the molecule is C=C1C(=O)[C@]23[C@H](C[C@H](OC(C)=O)[C@H]1[C@@H]2OC(C)=O)[C@]1(C)CCC[C@](C)(COC(C)=O)[C@H]1C[C@H]3OC(C)=O. The molecule has 9 atom stereocenters. The van der Waals surface area contributed by atoms with Gasteiger partial charge in [0.05, 0.1) is 12.5 Å². The lowest BCUT2D eigenvalue weighted by molar-refractivity contribution is -0.254. The second-order valence-corrected chi connectivity index (χ2v) is 12.0. The predicted octanol–water partition coefficient (Wildman–Crippen LogP) is 3.32. The van der Waals surface area contributed by atoms with Crippen LogP contribution in [0.15, 0.2) is 12.2 Å². The minimum absolute atomic E-state index is 0.0813. The number of hydrogen-bond acceptors (Lipinski definition) is 9. The summed E-state index contributed by atoms with van der Waals surface area (Å²) in [6, 6.07) is 0. The quantitative estimate of drug-likeness (QED) is 0.306. The summed E-state index contributed by atoms with van der Waals surface area (Å²) < 4.78 is 23.1. The molecule has 0 unspecified atom stereocenters. The summed E-state index contributed by atoms with van der Waals surface area (Å²) in [5, 5.41) is 0. The number of Topliss-reactive ketones (excluding diaryl/α,β-unsaturated/α-hetero) is 1. The highest BCUT2D eigenvalue weighted by Gasteiger charge is 2.78. The number of ketones is 1. The van der Waals surface area contributed by atoms with Gasteiger partial charge in [-0.2, -0.15) is 0 Å². The lowest BCUT2D eigenvalue weighted by atomic mass is 9.39. The molecule has 9 heteroatoms. The fourth-order valence-electron chi connectivity index (χ4n) is 8.62. The van der Waals surface area contributed by atoms with E-state index in [4.69, 9.17) is 18.9 Å². The van der Waals surface area contributed by atoms with Crippen molar-refractivity contribution in [3.8, 4) is 0 Å². The van der Waals surface area contributed by atoms with Crippen LogP contribution in [-0.4, -0.2) is 54.6 Å². The largest absolute Gasteiger partial charge is 0.465 e. The zero-order valence-electron chi connectivity index (χ0n) is 22.6. The second kappa shape index (κ2) is 9.24. The molecule has 4 aliphatic rings. The Morgan fingerprint density at radius 1 is 0.865 bits per heavy atom. The normalized spacial score (nSPS) is 42.2. The summed E-state index contributed by atoms with van der Waals surface area (Å²) in [6.45, 7) is 13.7. The van der Waals surface area contributed by atoms with Crippen molar-refractivity contribution < 1.29 is 42.9 Å². The van der Waals surface area contributed by atoms with Crippen molar-refractivity contribution in [3.05, 3.63) is 12.2 Å². The molecule has 204 valence electrons. The van der Waals surface area contributed by atoms with Crippen LogP contribution in [0.2, 0.25) is 0 Å². The Morgan fingerprint density at radius 2 is 1.49 bits per heavy atom. The number of ether oxygens (including phenoxy) is 4. The van der Waals surface area contributed by atoms with Crippen LogP contribution in [0.25, 0.3) is 0 Å². The number of rotatable bonds is 5. The van der Waals surface area contributed by atoms with E-state index in [1.54, 1.807) is 0 Å². The molecule has 0 aliphatic heterocycles. The lowest BCUT2D eigenvalue weighted by Crippen LogP contribution is -2.70. The third-order valence-electron chi connectivity index (χ3n) is 9.73. The van der Waals surface area contributed by atoms with E-state index in [0.717, 1.165) is 19.3 Å². The topological polar surface area (TPSA) is 122 Å². The van der Waals surface area contributed by atoms with Gasteiger partial charge >= 0.3 is 23.9 Å². The van der Waals surface area contributed by atoms with Gasteiger partial charge in [0.15, 0.2) is 5.78 Å². The minimum atomic E-state index is -1.33. The average molecular weight is 519 g/mol. The first kappa shape index (κ1) is 27.3. The van der Waals surface area contributed by atoms with Crippen LogP contribution in [0.1, 0.15) is 73.6 Å². The van der Waals surface area contributed by atoms with Gasteiger partial charge in [-0.05, 0) is 48.5 Å². The summed E-state index contributed by atoms with van der Waals surface area (Å²) in [6.07, 6.45) is 0.552. The number of esters is 4. The van der Waals surface area contributed by atoms with Crippen molar-refractivity contribution in [3.63, 3.8) is 0 Å². The van der Waals surface area contributed by atoms with Gasteiger partial charge < -0.3 is 18.9 Å². The molecule has 4 fully saturated rings. The maximum atomic E-state index is 14.3. The highest BCUT2D eigenvalue weighted by molar-refractivity contribution is 6.05. The number of hydrogen-bond donors (Lipinski definition) is 0. The Balaban J connectivity index is 1.93. The van der Waals surface area contributed by atoms with E-state index in [-0.39, 0.29) is 29.9 Å². The molecule has 37 heavy (non-hydrogen) atoms. The van der Waals surface area contributed by atoms with Crippen molar-refractivity contribution in [2.45, 2.75) is 92.0 Å². The summed E-state index contributed by atoms with van der Waals surface area (Å²) >= 11 is 0. The molecule has 4 aliphatic carbocycles. The van der Waals surface area contributed by atoms with Crippen molar-refractivity contribution in [2.75, 3.05) is 6.61 Å². The monoisotopic (exact) mass is 518 g/mol. The van der Waals surface area contributed by atoms with Crippen LogP contribution in [0.3, 0.4) is 0 Å². The fourth-order valence-corrected chi connectivity index (χ4v) is 8.62. The fraction of sp³-hybridized carbons (Fsp3) is 0.750. The molecule has 0 amide bonds. The molecule has 0 aromatic rings. The Bertz CT molecular complexity index is 1050. The lowest BCUT2D eigenvalue weighted by Gasteiger charge is -2.66. The van der Waals surface area contributed by atoms with Crippen molar-refractivity contribution >= 4 is 29.7 Å². The van der Waals surface area contributed by atoms with E-state index in [1.807, 2.05) is 0 Å². The summed E-state index contributed by atoms with van der Waals surface area (Å²) in [7, 11) is 0. The molecule has 1 spiro atoms. The molecule has 4 rings (SSSR count). The third-order valence-corrected chi connectivity index (χ3v) is 9.73. The second-order valence-electron chi connectivity index (χ2n) is 12.0. The van der Waals surface area contributed by atoms with Gasteiger partial charge in [-0.3, -0.25) is 24.0 Å². The predicted molar refractivity (Wildman–Crippen MR) is 130 cm³/mol. The number of carbonyl (C=O) groups is 5. The third kappa shape index (κ3) is 4.09. The van der Waals surface area contributed by atoms with Gasteiger partial charge in [0.2, 0.25) is 0 Å². The van der Waals surface area contributed by atoms with E-state index < -0.39 is 64.3 Å². The van der Waals surface area contributed by atoms with Crippen LogP contribution in [-0.2, 0) is 42.9 Å². The van der Waals surface area contributed by atoms with Gasteiger partial charge in [-0.1, -0.05) is 26.8 Å². The molecule has 0 saturated heterocycles. The highest BCUT2D eigenvalue weighted by atomic mass is 16.6. The first-order chi connectivity index (χ1) is 17.2. The number of carbonyl (C=O) groups excluding carboxylic acids is 5. The van der Waals surface area contributed by atoms with E-state index in [9.17, 15) is 24.0 Å². The van der Waals surface area contributed by atoms with Crippen LogP contribution in [0.4, 0.5) is 0 Å². The zero-order valence-corrected chi connectivity index (χ0v) is 22.6. The van der Waals surface area contributed by atoms with E-state index >= 15 is 0 Å². The van der Waals surface area contributed by atoms with Gasteiger partial charge in [0, 0.05) is 33.1 Å². The van der Waals surface area contributed by atoms with Gasteiger partial charge in [-0.25, -0.2) is 0 Å². The molecule has 0 aromatic carbocycles. The maximum absolute atomic E-state index is 14.3. The zero-order chi connectivity index (χ0) is 27.5. The molecule has 0 radical (unpaired) electrons. The maximum Gasteiger partial charge on any atom is 0.302 e. The first-order valence-electron chi connectivity index (χ1n) is 13.1. The standard InChI is InChI=1S/C28H38O9/c1-14-23-19(35-16(3)30)11-21-27(7)10-8-9-26(6,13-34-15(2)29)20(27)12-22(36-17(4)31)28(21,24(14)33)25(23)37-18(5)32/h19-23,25H,1,8-13H2,2-7H3/t19-,20+,21+,22+,23-,25-,26+,27+,28+/m0/s1. The van der Waals surface area contributed by atoms with E-state index in [0.29, 0.717) is 12.8 Å². The molecule has 0 N–H and O–H groups in total. The van der Waals surface area contributed by atoms with E-state index in [1.165, 1.54) is 27.7 Å². The molecule has 0 heterocycles. The van der Waals surface area contributed by atoms with Crippen LogP contribution >= 0.6 is 0 Å². The Hall–Kier alpha value is -2.71. The van der Waals surface area contributed by atoms with Crippen LogP contribution < -0.4 is 0 Å².